The molecule has 7 nitrogen and oxygen atoms in total. The van der Waals surface area contributed by atoms with Crippen molar-refractivity contribution < 1.29 is 18.1 Å². The lowest BCUT2D eigenvalue weighted by molar-refractivity contribution is -0.271. The van der Waals surface area contributed by atoms with Gasteiger partial charge in [0, 0.05) is 0 Å². The SMILES string of the molecule is CCSc1nc2c3c(n1)OP1(=O)OC3(O1)C(N(C)C)CC2. The third-order valence-corrected chi connectivity index (χ3v) is 6.08. The minimum atomic E-state index is -3.49. The largest absolute Gasteiger partial charge is 0.537 e. The number of phosphoric ester groups is 1. The Morgan fingerprint density at radius 2 is 2.19 bits per heavy atom. The van der Waals surface area contributed by atoms with Crippen molar-refractivity contribution in [2.24, 2.45) is 0 Å². The summed E-state index contributed by atoms with van der Waals surface area (Å²) in [6, 6.07) is -0.0250. The molecule has 1 atom stereocenters. The molecule has 0 N–H and O–H groups in total. The molecule has 9 heteroatoms. The van der Waals surface area contributed by atoms with Crippen LogP contribution in [0.5, 0.6) is 5.88 Å². The standard InChI is InChI=1S/C12H16N3O4PS/c1-4-21-11-13-7-5-6-8(15(2)3)12-9(7)10(14-11)17-20(16,18-12)19-12/h8H,4-6H2,1-3H3. The predicted molar refractivity (Wildman–Crippen MR) is 76.3 cm³/mol. The number of phosphoric acid groups is 1. The van der Waals surface area contributed by atoms with Gasteiger partial charge in [-0.25, -0.2) is 18.6 Å². The van der Waals surface area contributed by atoms with Crippen LogP contribution in [0.1, 0.15) is 24.6 Å². The highest BCUT2D eigenvalue weighted by molar-refractivity contribution is 7.99. The molecule has 5 rings (SSSR count). The van der Waals surface area contributed by atoms with Crippen LogP contribution in [0.3, 0.4) is 0 Å². The van der Waals surface area contributed by atoms with Crippen LogP contribution in [-0.2, 0) is 25.8 Å². The Labute approximate surface area is 127 Å². The normalized spacial score (nSPS) is 35.9. The van der Waals surface area contributed by atoms with Crippen LogP contribution in [0.15, 0.2) is 5.16 Å². The Bertz CT molecular complexity index is 658. The topological polar surface area (TPSA) is 73.8 Å². The lowest BCUT2D eigenvalue weighted by Gasteiger charge is -2.55. The van der Waals surface area contributed by atoms with E-state index in [4.69, 9.17) is 13.6 Å². The lowest BCUT2D eigenvalue weighted by atomic mass is 9.85. The summed E-state index contributed by atoms with van der Waals surface area (Å²) in [7, 11) is 0.427. The quantitative estimate of drug-likeness (QED) is 0.474. The highest BCUT2D eigenvalue weighted by Crippen LogP contribution is 2.75. The second-order valence-electron chi connectivity index (χ2n) is 5.47. The van der Waals surface area contributed by atoms with Gasteiger partial charge >= 0.3 is 7.82 Å². The van der Waals surface area contributed by atoms with Crippen molar-refractivity contribution in [3.63, 3.8) is 0 Å². The maximum absolute atomic E-state index is 12.2. The van der Waals surface area contributed by atoms with Crippen molar-refractivity contribution in [3.05, 3.63) is 11.3 Å². The molecule has 1 saturated heterocycles. The monoisotopic (exact) mass is 329 g/mol. The van der Waals surface area contributed by atoms with Gasteiger partial charge in [-0.3, -0.25) is 0 Å². The van der Waals surface area contributed by atoms with Gasteiger partial charge in [0.05, 0.1) is 17.3 Å². The second-order valence-corrected chi connectivity index (χ2v) is 8.15. The molecule has 3 aliphatic heterocycles. The number of likely N-dealkylation sites (N-methyl/N-ethyl adjacent to an activating group) is 1. The van der Waals surface area contributed by atoms with E-state index in [0.717, 1.165) is 24.3 Å². The van der Waals surface area contributed by atoms with Crippen molar-refractivity contribution in [2.45, 2.75) is 36.8 Å². The first kappa shape index (κ1) is 14.0. The molecule has 0 saturated carbocycles. The molecular weight excluding hydrogens is 313 g/mol. The number of rotatable bonds is 3. The van der Waals surface area contributed by atoms with Crippen molar-refractivity contribution >= 4 is 19.6 Å². The summed E-state index contributed by atoms with van der Waals surface area (Å²) in [6.07, 6.45) is 1.62. The third kappa shape index (κ3) is 1.83. The Morgan fingerprint density at radius 1 is 1.43 bits per heavy atom. The van der Waals surface area contributed by atoms with Gasteiger partial charge in [-0.15, -0.1) is 0 Å². The summed E-state index contributed by atoms with van der Waals surface area (Å²) in [5, 5.41) is 0.652. The molecule has 4 heterocycles. The van der Waals surface area contributed by atoms with Gasteiger partial charge in [0.15, 0.2) is 5.16 Å². The summed E-state index contributed by atoms with van der Waals surface area (Å²) in [4.78, 5) is 11.0. The van der Waals surface area contributed by atoms with E-state index < -0.39 is 13.6 Å². The van der Waals surface area contributed by atoms with Crippen molar-refractivity contribution in [1.29, 1.82) is 0 Å². The van der Waals surface area contributed by atoms with E-state index in [1.165, 1.54) is 11.8 Å². The summed E-state index contributed by atoms with van der Waals surface area (Å²) < 4.78 is 28.8. The average molecular weight is 329 g/mol. The molecule has 1 fully saturated rings. The predicted octanol–water partition coefficient (Wildman–Crippen LogP) is 2.17. The molecule has 1 spiro atoms. The minimum absolute atomic E-state index is 0.0250. The molecule has 4 aliphatic rings. The zero-order chi connectivity index (χ0) is 14.8. The molecule has 0 radical (unpaired) electrons. The molecule has 2 bridgehead atoms. The second kappa shape index (κ2) is 4.43. The number of hydrogen-bond acceptors (Lipinski definition) is 8. The van der Waals surface area contributed by atoms with Gasteiger partial charge in [-0.1, -0.05) is 18.7 Å². The summed E-state index contributed by atoms with van der Waals surface area (Å²) in [5.74, 6) is 0.201. The van der Waals surface area contributed by atoms with Gasteiger partial charge in [0.2, 0.25) is 11.7 Å². The summed E-state index contributed by atoms with van der Waals surface area (Å²) in [5.41, 5.74) is 1.59. The van der Waals surface area contributed by atoms with E-state index in [1.807, 2.05) is 25.9 Å². The summed E-state index contributed by atoms with van der Waals surface area (Å²) >= 11 is 1.54. The first-order valence-electron chi connectivity index (χ1n) is 6.89. The molecule has 1 aromatic heterocycles. The molecule has 1 aromatic rings. The van der Waals surface area contributed by atoms with Crippen molar-refractivity contribution in [1.82, 2.24) is 14.9 Å². The first-order valence-corrected chi connectivity index (χ1v) is 9.34. The Kier molecular flexibility index (Phi) is 2.94. The number of hydrogen-bond donors (Lipinski definition) is 0. The van der Waals surface area contributed by atoms with Gasteiger partial charge in [0.1, 0.15) is 0 Å². The lowest BCUT2D eigenvalue weighted by Crippen LogP contribution is -2.60. The summed E-state index contributed by atoms with van der Waals surface area (Å²) in [6.45, 7) is 2.04. The van der Waals surface area contributed by atoms with Crippen LogP contribution in [0, 0.1) is 0 Å². The van der Waals surface area contributed by atoms with E-state index in [1.54, 1.807) is 0 Å². The minimum Gasteiger partial charge on any atom is -0.385 e. The molecular formula is C12H16N3O4PS. The van der Waals surface area contributed by atoms with Crippen LogP contribution in [0.2, 0.25) is 0 Å². The maximum Gasteiger partial charge on any atom is 0.537 e. The molecule has 21 heavy (non-hydrogen) atoms. The number of nitrogens with zero attached hydrogens (tertiary/aromatic N) is 3. The Balaban J connectivity index is 1.89. The van der Waals surface area contributed by atoms with Crippen molar-refractivity contribution in [2.75, 3.05) is 19.8 Å². The van der Waals surface area contributed by atoms with Gasteiger partial charge in [-0.2, -0.15) is 4.98 Å². The fraction of sp³-hybridized carbons (Fsp3) is 0.667. The van der Waals surface area contributed by atoms with Gasteiger partial charge < -0.3 is 9.42 Å². The highest BCUT2D eigenvalue weighted by Gasteiger charge is 2.71. The molecule has 114 valence electrons. The Hall–Kier alpha value is -0.660. The molecule has 1 aliphatic carbocycles. The van der Waals surface area contributed by atoms with Crippen LogP contribution < -0.4 is 4.52 Å². The van der Waals surface area contributed by atoms with Crippen LogP contribution >= 0.6 is 19.6 Å². The van der Waals surface area contributed by atoms with Crippen molar-refractivity contribution in [3.8, 4) is 5.88 Å². The average Bonchev–Trinajstić information content (AvgIpc) is 2.36. The zero-order valence-electron chi connectivity index (χ0n) is 12.0. The number of aromatic nitrogens is 2. The van der Waals surface area contributed by atoms with E-state index in [2.05, 4.69) is 9.97 Å². The van der Waals surface area contributed by atoms with Gasteiger partial charge in [0.25, 0.3) is 0 Å². The van der Waals surface area contributed by atoms with Gasteiger partial charge in [-0.05, 0) is 32.7 Å². The smallest absolute Gasteiger partial charge is 0.385 e. The van der Waals surface area contributed by atoms with E-state index in [-0.39, 0.29) is 6.04 Å². The van der Waals surface area contributed by atoms with Crippen LogP contribution in [-0.4, -0.2) is 40.8 Å². The first-order chi connectivity index (χ1) is 9.97. The number of aryl methyl sites for hydroxylation is 1. The fourth-order valence-electron chi connectivity index (χ4n) is 3.18. The van der Waals surface area contributed by atoms with E-state index in [9.17, 15) is 4.57 Å². The maximum atomic E-state index is 12.2. The molecule has 0 amide bonds. The van der Waals surface area contributed by atoms with Crippen LogP contribution in [0.25, 0.3) is 0 Å². The zero-order valence-corrected chi connectivity index (χ0v) is 13.7. The fourth-order valence-corrected chi connectivity index (χ4v) is 5.28. The van der Waals surface area contributed by atoms with E-state index >= 15 is 0 Å². The Morgan fingerprint density at radius 3 is 2.86 bits per heavy atom. The third-order valence-electron chi connectivity index (χ3n) is 3.96. The molecule has 1 unspecified atom stereocenters. The molecule has 0 aromatic carbocycles. The number of thioether (sulfide) groups is 1. The van der Waals surface area contributed by atoms with E-state index in [0.29, 0.717) is 16.6 Å². The highest BCUT2D eigenvalue weighted by atomic mass is 32.2. The van der Waals surface area contributed by atoms with Crippen LogP contribution in [0.4, 0.5) is 0 Å².